The molecule has 2 aromatic rings. The van der Waals surface area contributed by atoms with Crippen molar-refractivity contribution in [1.82, 2.24) is 0 Å². The molecule has 0 saturated heterocycles. The van der Waals surface area contributed by atoms with Crippen LogP contribution in [0.5, 0.6) is 11.5 Å². The number of methoxy groups -OCH3 is 1. The van der Waals surface area contributed by atoms with Crippen LogP contribution in [0.1, 0.15) is 20.0 Å². The van der Waals surface area contributed by atoms with E-state index in [1.165, 1.54) is 7.11 Å². The Morgan fingerprint density at radius 2 is 2.04 bits per heavy atom. The van der Waals surface area contributed by atoms with E-state index in [1.54, 1.807) is 18.2 Å². The zero-order chi connectivity index (χ0) is 17.9. The summed E-state index contributed by atoms with van der Waals surface area (Å²) in [5.41, 5.74) is 0.877. The van der Waals surface area contributed by atoms with Crippen LogP contribution in [0, 0.1) is 0 Å². The maximum atomic E-state index is 11.4. The Morgan fingerprint density at radius 3 is 2.58 bits per heavy atom. The molecule has 0 aliphatic rings. The molecule has 0 saturated carbocycles. The number of rotatable bonds is 7. The van der Waals surface area contributed by atoms with E-state index in [4.69, 9.17) is 14.6 Å². The van der Waals surface area contributed by atoms with E-state index in [0.717, 1.165) is 11.3 Å². The third kappa shape index (κ3) is 3.57. The summed E-state index contributed by atoms with van der Waals surface area (Å²) >= 11 is 4.16. The van der Waals surface area contributed by atoms with Gasteiger partial charge >= 0.3 is 11.9 Å². The molecule has 0 bridgehead atoms. The maximum Gasteiger partial charge on any atom is 0.349 e. The third-order valence-electron chi connectivity index (χ3n) is 2.96. The summed E-state index contributed by atoms with van der Waals surface area (Å²) in [6.45, 7) is -0.669. The van der Waals surface area contributed by atoms with Crippen LogP contribution in [0.2, 0.25) is 0 Å². The molecule has 2 rings (SSSR count). The van der Waals surface area contributed by atoms with Crippen LogP contribution < -0.4 is 9.47 Å². The minimum atomic E-state index is -1.24. The Hall–Kier alpha value is -2.39. The fraction of sp³-hybridized carbons (Fsp3) is 0.133. The predicted molar refractivity (Wildman–Crippen MR) is 89.5 cm³/mol. The van der Waals surface area contributed by atoms with Gasteiger partial charge in [0.1, 0.15) is 5.75 Å². The van der Waals surface area contributed by atoms with E-state index in [-0.39, 0.29) is 10.6 Å². The average molecular weight is 415 g/mol. The number of aromatic carboxylic acids is 1. The Bertz CT molecular complexity index is 812. The van der Waals surface area contributed by atoms with E-state index in [0.29, 0.717) is 32.5 Å². The van der Waals surface area contributed by atoms with Crippen LogP contribution in [0.3, 0.4) is 0 Å². The number of aldehydes is 1. The first-order chi connectivity index (χ1) is 11.4. The summed E-state index contributed by atoms with van der Waals surface area (Å²) < 4.78 is 10.5. The number of hydrogen-bond donors (Lipinski definition) is 2. The van der Waals surface area contributed by atoms with E-state index < -0.39 is 18.5 Å². The lowest BCUT2D eigenvalue weighted by Gasteiger charge is -2.06. The molecule has 0 amide bonds. The molecule has 9 heteroatoms. The topological polar surface area (TPSA) is 110 Å². The molecule has 0 unspecified atom stereocenters. The number of carbonyl (C=O) groups excluding carboxylic acids is 1. The van der Waals surface area contributed by atoms with Crippen molar-refractivity contribution < 1.29 is 34.1 Å². The minimum absolute atomic E-state index is 0.0617. The summed E-state index contributed by atoms with van der Waals surface area (Å²) in [6, 6.07) is 4.80. The van der Waals surface area contributed by atoms with E-state index in [9.17, 15) is 19.5 Å². The molecule has 0 radical (unpaired) electrons. The molecule has 0 aliphatic carbocycles. The highest BCUT2D eigenvalue weighted by molar-refractivity contribution is 9.10. The lowest BCUT2D eigenvalue weighted by Crippen LogP contribution is -2.11. The van der Waals surface area contributed by atoms with Crippen molar-refractivity contribution >= 4 is 45.5 Å². The number of halogens is 1. The van der Waals surface area contributed by atoms with Crippen molar-refractivity contribution in [1.29, 1.82) is 0 Å². The number of ether oxygens (including phenoxy) is 2. The van der Waals surface area contributed by atoms with Gasteiger partial charge < -0.3 is 19.7 Å². The van der Waals surface area contributed by atoms with Gasteiger partial charge in [0.15, 0.2) is 23.5 Å². The number of thiophene rings is 1. The highest BCUT2D eigenvalue weighted by atomic mass is 79.9. The summed E-state index contributed by atoms with van der Waals surface area (Å²) in [4.78, 5) is 33.5. The van der Waals surface area contributed by atoms with Crippen molar-refractivity contribution in [2.75, 3.05) is 13.7 Å². The van der Waals surface area contributed by atoms with Crippen molar-refractivity contribution in [3.05, 3.63) is 33.1 Å². The van der Waals surface area contributed by atoms with Gasteiger partial charge in [-0.1, -0.05) is 0 Å². The molecule has 24 heavy (non-hydrogen) atoms. The van der Waals surface area contributed by atoms with Gasteiger partial charge in [-0.2, -0.15) is 0 Å². The van der Waals surface area contributed by atoms with Crippen LogP contribution >= 0.6 is 27.3 Å². The largest absolute Gasteiger partial charge is 0.496 e. The zero-order valence-corrected chi connectivity index (χ0v) is 14.6. The van der Waals surface area contributed by atoms with Gasteiger partial charge in [0.05, 0.1) is 22.0 Å². The molecule has 7 nitrogen and oxygen atoms in total. The van der Waals surface area contributed by atoms with Crippen LogP contribution in [0.25, 0.3) is 10.4 Å². The van der Waals surface area contributed by atoms with Gasteiger partial charge in [0.2, 0.25) is 0 Å². The lowest BCUT2D eigenvalue weighted by atomic mass is 10.1. The molecular formula is C15H11BrO7S. The molecular weight excluding hydrogens is 404 g/mol. The van der Waals surface area contributed by atoms with Crippen LogP contribution in [-0.4, -0.2) is 42.2 Å². The molecule has 2 N–H and O–H groups in total. The van der Waals surface area contributed by atoms with E-state index >= 15 is 0 Å². The number of benzene rings is 1. The molecule has 0 spiro atoms. The van der Waals surface area contributed by atoms with Gasteiger partial charge in [-0.15, -0.1) is 11.3 Å². The van der Waals surface area contributed by atoms with Crippen molar-refractivity contribution in [3.8, 4) is 21.9 Å². The summed E-state index contributed by atoms with van der Waals surface area (Å²) in [6.07, 6.45) is 0.629. The first kappa shape index (κ1) is 18.0. The number of carboxylic acids is 2. The molecule has 1 aromatic carbocycles. The van der Waals surface area contributed by atoms with Crippen molar-refractivity contribution in [2.24, 2.45) is 0 Å². The number of aliphatic carboxylic acids is 1. The number of hydrogen-bond acceptors (Lipinski definition) is 6. The SMILES string of the molecule is COc1ccc(-c2sc(C(=O)O)c(OCC(=O)O)c2Br)cc1C=O. The summed E-state index contributed by atoms with van der Waals surface area (Å²) in [5.74, 6) is -2.13. The second-order valence-corrected chi connectivity index (χ2v) is 6.28. The molecule has 1 aromatic heterocycles. The molecule has 0 aliphatic heterocycles. The standard InChI is InChI=1S/C15H11BrO7S/c1-22-9-3-2-7(4-8(9)5-17)13-11(16)12(23-6-10(18)19)14(24-13)15(20)21/h2-5H,6H2,1H3,(H,18,19)(H,20,21). The van der Waals surface area contributed by atoms with Crippen molar-refractivity contribution in [2.45, 2.75) is 0 Å². The van der Waals surface area contributed by atoms with Gasteiger partial charge in [-0.3, -0.25) is 4.79 Å². The Labute approximate surface area is 148 Å². The maximum absolute atomic E-state index is 11.4. The Morgan fingerprint density at radius 1 is 1.33 bits per heavy atom. The normalized spacial score (nSPS) is 10.2. The van der Waals surface area contributed by atoms with Gasteiger partial charge in [0, 0.05) is 0 Å². The van der Waals surface area contributed by atoms with Crippen LogP contribution in [0.15, 0.2) is 22.7 Å². The molecule has 1 heterocycles. The monoisotopic (exact) mass is 414 g/mol. The minimum Gasteiger partial charge on any atom is -0.496 e. The first-order valence-corrected chi connectivity index (χ1v) is 8.03. The quantitative estimate of drug-likeness (QED) is 0.669. The van der Waals surface area contributed by atoms with Gasteiger partial charge in [0.25, 0.3) is 0 Å². The molecule has 0 fully saturated rings. The zero-order valence-electron chi connectivity index (χ0n) is 12.2. The lowest BCUT2D eigenvalue weighted by molar-refractivity contribution is -0.139. The second kappa shape index (κ2) is 7.45. The Balaban J connectivity index is 2.55. The second-order valence-electron chi connectivity index (χ2n) is 4.47. The number of carboxylic acid groups (broad SMARTS) is 2. The molecule has 126 valence electrons. The van der Waals surface area contributed by atoms with Crippen molar-refractivity contribution in [3.63, 3.8) is 0 Å². The van der Waals surface area contributed by atoms with Gasteiger partial charge in [-0.25, -0.2) is 9.59 Å². The van der Waals surface area contributed by atoms with E-state index in [1.807, 2.05) is 0 Å². The summed E-state index contributed by atoms with van der Waals surface area (Å²) in [5, 5.41) is 18.0. The van der Waals surface area contributed by atoms with Crippen LogP contribution in [0.4, 0.5) is 0 Å². The highest BCUT2D eigenvalue weighted by Crippen LogP contribution is 2.46. The summed E-state index contributed by atoms with van der Waals surface area (Å²) in [7, 11) is 1.43. The predicted octanol–water partition coefficient (Wildman–Crippen LogP) is 3.16. The van der Waals surface area contributed by atoms with E-state index in [2.05, 4.69) is 15.9 Å². The smallest absolute Gasteiger partial charge is 0.349 e. The third-order valence-corrected chi connectivity index (χ3v) is 5.19. The Kier molecular flexibility index (Phi) is 5.58. The van der Waals surface area contributed by atoms with Gasteiger partial charge in [-0.05, 0) is 39.7 Å². The number of carbonyl (C=O) groups is 3. The highest BCUT2D eigenvalue weighted by Gasteiger charge is 2.24. The average Bonchev–Trinajstić information content (AvgIpc) is 2.89. The fourth-order valence-electron chi connectivity index (χ4n) is 1.95. The van der Waals surface area contributed by atoms with Crippen LogP contribution in [-0.2, 0) is 4.79 Å². The molecule has 0 atom stereocenters. The fourth-order valence-corrected chi connectivity index (χ4v) is 3.84. The first-order valence-electron chi connectivity index (χ1n) is 6.42.